The van der Waals surface area contributed by atoms with E-state index in [9.17, 15) is 4.79 Å². The van der Waals surface area contributed by atoms with Gasteiger partial charge in [0, 0.05) is 6.20 Å². The lowest BCUT2D eigenvalue weighted by atomic mass is 10.1. The first-order valence-electron chi connectivity index (χ1n) is 6.15. The molecular weight excluding hydrogens is 242 g/mol. The van der Waals surface area contributed by atoms with Crippen molar-refractivity contribution in [3.63, 3.8) is 0 Å². The van der Waals surface area contributed by atoms with E-state index in [4.69, 9.17) is 4.74 Å². The predicted molar refractivity (Wildman–Crippen MR) is 73.4 cm³/mol. The topological polar surface area (TPSA) is 67.9 Å². The van der Waals surface area contributed by atoms with Crippen LogP contribution in [0.3, 0.4) is 0 Å². The molecule has 0 aliphatic rings. The first kappa shape index (κ1) is 13.3. The lowest BCUT2D eigenvalue weighted by Gasteiger charge is -2.09. The molecule has 1 N–H and O–H groups in total. The lowest BCUT2D eigenvalue weighted by Crippen LogP contribution is -2.07. The number of hydrogen-bond donors (Lipinski definition) is 1. The largest absolute Gasteiger partial charge is 0.477 e. The van der Waals surface area contributed by atoms with Gasteiger partial charge in [0.05, 0.1) is 17.6 Å². The van der Waals surface area contributed by atoms with Crippen LogP contribution in [0, 0.1) is 5.92 Å². The molecule has 0 spiro atoms. The van der Waals surface area contributed by atoms with Gasteiger partial charge in [-0.15, -0.1) is 0 Å². The highest BCUT2D eigenvalue weighted by Gasteiger charge is 2.18. The van der Waals surface area contributed by atoms with Crippen LogP contribution < -0.4 is 4.74 Å². The minimum atomic E-state index is -0.129. The van der Waals surface area contributed by atoms with Gasteiger partial charge in [-0.05, 0) is 18.4 Å². The summed E-state index contributed by atoms with van der Waals surface area (Å²) in [4.78, 5) is 23.3. The number of rotatable bonds is 5. The van der Waals surface area contributed by atoms with Crippen molar-refractivity contribution in [2.75, 3.05) is 6.61 Å². The SMILES string of the molecule is C=C(C)C(=O)c1c[nH]c2ncnc(OCC(C)C)c12. The Morgan fingerprint density at radius 1 is 1.47 bits per heavy atom. The van der Waals surface area contributed by atoms with E-state index in [-0.39, 0.29) is 5.78 Å². The molecule has 0 amide bonds. The van der Waals surface area contributed by atoms with Gasteiger partial charge in [0.25, 0.3) is 0 Å². The zero-order valence-electron chi connectivity index (χ0n) is 11.4. The second-order valence-corrected chi connectivity index (χ2v) is 4.92. The number of allylic oxidation sites excluding steroid dienone is 1. The molecule has 0 atom stereocenters. The number of nitrogens with zero attached hydrogens (tertiary/aromatic N) is 2. The number of aromatic nitrogens is 3. The number of H-pyrrole nitrogens is 1. The second-order valence-electron chi connectivity index (χ2n) is 4.92. The number of aromatic amines is 1. The molecule has 0 saturated carbocycles. The van der Waals surface area contributed by atoms with E-state index in [1.807, 2.05) is 0 Å². The Hall–Kier alpha value is -2.17. The molecule has 5 nitrogen and oxygen atoms in total. The summed E-state index contributed by atoms with van der Waals surface area (Å²) in [5.74, 6) is 0.684. The van der Waals surface area contributed by atoms with E-state index < -0.39 is 0 Å². The number of ether oxygens (including phenoxy) is 1. The van der Waals surface area contributed by atoms with Crippen molar-refractivity contribution in [3.8, 4) is 5.88 Å². The Kier molecular flexibility index (Phi) is 3.64. The molecule has 0 aliphatic heterocycles. The van der Waals surface area contributed by atoms with Crippen LogP contribution in [-0.4, -0.2) is 27.3 Å². The van der Waals surface area contributed by atoms with Gasteiger partial charge >= 0.3 is 0 Å². The lowest BCUT2D eigenvalue weighted by molar-refractivity contribution is 0.103. The number of Topliss-reactive ketones (excluding diaryl/α,β-unsaturated/α-hetero) is 1. The molecule has 2 rings (SSSR count). The minimum absolute atomic E-state index is 0.129. The first-order valence-corrected chi connectivity index (χ1v) is 6.15. The summed E-state index contributed by atoms with van der Waals surface area (Å²) in [7, 11) is 0. The highest BCUT2D eigenvalue weighted by Crippen LogP contribution is 2.26. The van der Waals surface area contributed by atoms with E-state index in [2.05, 4.69) is 35.4 Å². The first-order chi connectivity index (χ1) is 9.00. The molecule has 0 aromatic carbocycles. The smallest absolute Gasteiger partial charge is 0.226 e. The van der Waals surface area contributed by atoms with Crippen LogP contribution in [0.4, 0.5) is 0 Å². The highest BCUT2D eigenvalue weighted by molar-refractivity contribution is 6.16. The molecule has 2 heterocycles. The maximum absolute atomic E-state index is 12.1. The van der Waals surface area contributed by atoms with Crippen LogP contribution in [-0.2, 0) is 0 Å². The van der Waals surface area contributed by atoms with Crippen molar-refractivity contribution in [1.82, 2.24) is 15.0 Å². The van der Waals surface area contributed by atoms with Crippen LogP contribution in [0.2, 0.25) is 0 Å². The van der Waals surface area contributed by atoms with Crippen LogP contribution in [0.15, 0.2) is 24.7 Å². The molecule has 0 saturated heterocycles. The number of carbonyl (C=O) groups excluding carboxylic acids is 1. The molecule has 2 aromatic heterocycles. The third kappa shape index (κ3) is 2.65. The van der Waals surface area contributed by atoms with Gasteiger partial charge in [-0.2, -0.15) is 0 Å². The van der Waals surface area contributed by atoms with Crippen molar-refractivity contribution in [2.45, 2.75) is 20.8 Å². The Morgan fingerprint density at radius 2 is 2.21 bits per heavy atom. The van der Waals surface area contributed by atoms with Gasteiger partial charge in [0.1, 0.15) is 12.0 Å². The fourth-order valence-electron chi connectivity index (χ4n) is 1.70. The monoisotopic (exact) mass is 259 g/mol. The highest BCUT2D eigenvalue weighted by atomic mass is 16.5. The van der Waals surface area contributed by atoms with Crippen molar-refractivity contribution in [1.29, 1.82) is 0 Å². The van der Waals surface area contributed by atoms with Crippen LogP contribution in [0.25, 0.3) is 11.0 Å². The molecule has 5 heteroatoms. The second kappa shape index (κ2) is 5.22. The average Bonchev–Trinajstić information content (AvgIpc) is 2.79. The Balaban J connectivity index is 2.49. The summed E-state index contributed by atoms with van der Waals surface area (Å²) in [6.07, 6.45) is 3.04. The molecule has 2 aromatic rings. The maximum Gasteiger partial charge on any atom is 0.226 e. The van der Waals surface area contributed by atoms with Gasteiger partial charge in [-0.1, -0.05) is 20.4 Å². The molecule has 0 unspecified atom stereocenters. The van der Waals surface area contributed by atoms with Crippen molar-refractivity contribution >= 4 is 16.8 Å². The average molecular weight is 259 g/mol. The molecule has 0 bridgehead atoms. The van der Waals surface area contributed by atoms with Gasteiger partial charge in [0.15, 0.2) is 5.78 Å². The van der Waals surface area contributed by atoms with Crippen molar-refractivity contribution in [2.24, 2.45) is 5.92 Å². The molecular formula is C14H17N3O2. The van der Waals surface area contributed by atoms with Gasteiger partial charge < -0.3 is 9.72 Å². The quantitative estimate of drug-likeness (QED) is 0.662. The van der Waals surface area contributed by atoms with Gasteiger partial charge in [0.2, 0.25) is 5.88 Å². The number of nitrogens with one attached hydrogen (secondary N) is 1. The van der Waals surface area contributed by atoms with Gasteiger partial charge in [-0.25, -0.2) is 9.97 Å². The molecule has 19 heavy (non-hydrogen) atoms. The van der Waals surface area contributed by atoms with Crippen LogP contribution in [0.5, 0.6) is 5.88 Å². The summed E-state index contributed by atoms with van der Waals surface area (Å²) in [6, 6.07) is 0. The van der Waals surface area contributed by atoms with Gasteiger partial charge in [-0.3, -0.25) is 4.79 Å². The molecule has 0 aliphatic carbocycles. The molecule has 100 valence electrons. The summed E-state index contributed by atoms with van der Waals surface area (Å²) in [5.41, 5.74) is 1.57. The number of fused-ring (bicyclic) bond motifs is 1. The Labute approximate surface area is 111 Å². The van der Waals surface area contributed by atoms with E-state index >= 15 is 0 Å². The summed E-state index contributed by atoms with van der Waals surface area (Å²) in [6.45, 7) is 10.00. The Morgan fingerprint density at radius 3 is 2.84 bits per heavy atom. The third-order valence-corrected chi connectivity index (χ3v) is 2.62. The fourth-order valence-corrected chi connectivity index (χ4v) is 1.70. The number of carbonyl (C=O) groups is 1. The van der Waals surface area contributed by atoms with Crippen molar-refractivity contribution in [3.05, 3.63) is 30.2 Å². The van der Waals surface area contributed by atoms with Crippen molar-refractivity contribution < 1.29 is 9.53 Å². The van der Waals surface area contributed by atoms with E-state index in [0.717, 1.165) is 0 Å². The summed E-state index contributed by atoms with van der Waals surface area (Å²) >= 11 is 0. The fraction of sp³-hybridized carbons (Fsp3) is 0.357. The maximum atomic E-state index is 12.1. The van der Waals surface area contributed by atoms with Crippen LogP contribution >= 0.6 is 0 Å². The summed E-state index contributed by atoms with van der Waals surface area (Å²) < 4.78 is 5.66. The zero-order chi connectivity index (χ0) is 14.0. The van der Waals surface area contributed by atoms with E-state index in [1.165, 1.54) is 6.33 Å². The van der Waals surface area contributed by atoms with E-state index in [1.54, 1.807) is 13.1 Å². The molecule has 0 fully saturated rings. The number of hydrogen-bond acceptors (Lipinski definition) is 4. The summed E-state index contributed by atoms with van der Waals surface area (Å²) in [5, 5.41) is 0.621. The molecule has 0 radical (unpaired) electrons. The number of ketones is 1. The normalized spacial score (nSPS) is 10.9. The minimum Gasteiger partial charge on any atom is -0.477 e. The zero-order valence-corrected chi connectivity index (χ0v) is 11.4. The predicted octanol–water partition coefficient (Wildman–Crippen LogP) is 2.75. The third-order valence-electron chi connectivity index (χ3n) is 2.62. The van der Waals surface area contributed by atoms with E-state index in [0.29, 0.717) is 40.6 Å². The van der Waals surface area contributed by atoms with Crippen LogP contribution in [0.1, 0.15) is 31.1 Å². The Bertz CT molecular complexity index is 629. The standard InChI is InChI=1S/C14H17N3O2/c1-8(2)6-19-14-11-10(12(18)9(3)4)5-15-13(11)16-7-17-14/h5,7-8H,3,6H2,1-2,4H3,(H,15,16,17).